The third-order valence-electron chi connectivity index (χ3n) is 4.33. The minimum atomic E-state index is -0.459. The fourth-order valence-electron chi connectivity index (χ4n) is 2.84. The van der Waals surface area contributed by atoms with Gasteiger partial charge in [-0.2, -0.15) is 0 Å². The Labute approximate surface area is 182 Å². The third kappa shape index (κ3) is 6.51. The molecule has 9 heteroatoms. The number of hydrogen-bond acceptors (Lipinski definition) is 5. The Balaban J connectivity index is 1.41. The van der Waals surface area contributed by atoms with Crippen LogP contribution in [0.2, 0.25) is 0 Å². The zero-order chi connectivity index (χ0) is 22.2. The van der Waals surface area contributed by atoms with Crippen molar-refractivity contribution in [3.05, 3.63) is 76.4 Å². The molecule has 2 N–H and O–H groups in total. The Kier molecular flexibility index (Phi) is 7.55. The van der Waals surface area contributed by atoms with Gasteiger partial charge in [-0.25, -0.2) is 4.39 Å². The van der Waals surface area contributed by atoms with E-state index in [1.54, 1.807) is 12.1 Å². The lowest BCUT2D eigenvalue weighted by molar-refractivity contribution is -0.126. The fraction of sp³-hybridized carbons (Fsp3) is 0.182. The molecule has 0 spiro atoms. The second kappa shape index (κ2) is 10.5. The SMILES string of the molecule is O=C(CNC(=O)Cc1cccc(F)c1)NCCN1C(=O)S/C(=C\c2ccccc2)C1=O. The Morgan fingerprint density at radius 1 is 1.00 bits per heavy atom. The van der Waals surface area contributed by atoms with Gasteiger partial charge in [0.2, 0.25) is 11.8 Å². The van der Waals surface area contributed by atoms with Gasteiger partial charge < -0.3 is 10.6 Å². The molecule has 0 aliphatic carbocycles. The summed E-state index contributed by atoms with van der Waals surface area (Å²) in [4.78, 5) is 49.7. The van der Waals surface area contributed by atoms with E-state index in [1.807, 2.05) is 30.3 Å². The van der Waals surface area contributed by atoms with Gasteiger partial charge in [0, 0.05) is 13.1 Å². The number of rotatable bonds is 8. The van der Waals surface area contributed by atoms with Crippen LogP contribution < -0.4 is 10.6 Å². The second-order valence-corrected chi connectivity index (χ2v) is 7.67. The maximum Gasteiger partial charge on any atom is 0.293 e. The summed E-state index contributed by atoms with van der Waals surface area (Å²) in [6, 6.07) is 14.8. The van der Waals surface area contributed by atoms with Crippen molar-refractivity contribution in [2.24, 2.45) is 0 Å². The quantitative estimate of drug-likeness (QED) is 0.613. The maximum atomic E-state index is 13.1. The van der Waals surface area contributed by atoms with E-state index in [0.29, 0.717) is 10.5 Å². The predicted octanol–water partition coefficient (Wildman–Crippen LogP) is 2.34. The second-order valence-electron chi connectivity index (χ2n) is 6.68. The molecule has 0 bridgehead atoms. The minimum Gasteiger partial charge on any atom is -0.353 e. The van der Waals surface area contributed by atoms with Crippen LogP contribution in [0.4, 0.5) is 9.18 Å². The molecule has 31 heavy (non-hydrogen) atoms. The van der Waals surface area contributed by atoms with E-state index < -0.39 is 28.8 Å². The first-order chi connectivity index (χ1) is 14.9. The van der Waals surface area contributed by atoms with E-state index in [-0.39, 0.29) is 26.1 Å². The number of carbonyl (C=O) groups is 4. The van der Waals surface area contributed by atoms with E-state index in [4.69, 9.17) is 0 Å². The van der Waals surface area contributed by atoms with E-state index in [1.165, 1.54) is 18.2 Å². The molecule has 1 fully saturated rings. The van der Waals surface area contributed by atoms with Crippen molar-refractivity contribution in [1.82, 2.24) is 15.5 Å². The molecular weight excluding hydrogens is 421 g/mol. The van der Waals surface area contributed by atoms with Crippen molar-refractivity contribution in [2.75, 3.05) is 19.6 Å². The van der Waals surface area contributed by atoms with Crippen molar-refractivity contribution in [2.45, 2.75) is 6.42 Å². The van der Waals surface area contributed by atoms with Crippen molar-refractivity contribution in [1.29, 1.82) is 0 Å². The van der Waals surface area contributed by atoms with Crippen LogP contribution in [0.1, 0.15) is 11.1 Å². The van der Waals surface area contributed by atoms with Crippen LogP contribution in [-0.2, 0) is 20.8 Å². The summed E-state index contributed by atoms with van der Waals surface area (Å²) in [5, 5.41) is 4.60. The van der Waals surface area contributed by atoms with Gasteiger partial charge in [0.1, 0.15) is 5.82 Å². The predicted molar refractivity (Wildman–Crippen MR) is 115 cm³/mol. The lowest BCUT2D eigenvalue weighted by atomic mass is 10.1. The third-order valence-corrected chi connectivity index (χ3v) is 5.24. The van der Waals surface area contributed by atoms with E-state index >= 15 is 0 Å². The van der Waals surface area contributed by atoms with Crippen molar-refractivity contribution in [3.63, 3.8) is 0 Å². The molecule has 1 aliphatic rings. The van der Waals surface area contributed by atoms with Crippen LogP contribution in [-0.4, -0.2) is 47.5 Å². The molecular formula is C22H20FN3O4S. The normalized spacial score (nSPS) is 14.7. The molecule has 3 rings (SSSR count). The molecule has 0 aromatic heterocycles. The Morgan fingerprint density at radius 2 is 1.77 bits per heavy atom. The Bertz CT molecular complexity index is 1030. The number of benzene rings is 2. The molecule has 0 radical (unpaired) electrons. The number of imide groups is 1. The van der Waals surface area contributed by atoms with E-state index in [9.17, 15) is 23.6 Å². The van der Waals surface area contributed by atoms with Crippen LogP contribution in [0.25, 0.3) is 6.08 Å². The lowest BCUT2D eigenvalue weighted by Gasteiger charge is -2.13. The number of halogens is 1. The fourth-order valence-corrected chi connectivity index (χ4v) is 3.70. The van der Waals surface area contributed by atoms with Crippen LogP contribution in [0.15, 0.2) is 59.5 Å². The van der Waals surface area contributed by atoms with Gasteiger partial charge in [0.05, 0.1) is 17.9 Å². The van der Waals surface area contributed by atoms with Gasteiger partial charge in [-0.3, -0.25) is 24.1 Å². The van der Waals surface area contributed by atoms with Crippen molar-refractivity contribution < 1.29 is 23.6 Å². The molecule has 1 saturated heterocycles. The largest absolute Gasteiger partial charge is 0.353 e. The molecule has 1 aliphatic heterocycles. The summed E-state index contributed by atoms with van der Waals surface area (Å²) in [6.45, 7) is -0.168. The topological polar surface area (TPSA) is 95.6 Å². The Hall–Kier alpha value is -3.46. The van der Waals surface area contributed by atoms with Crippen LogP contribution in [0.5, 0.6) is 0 Å². The minimum absolute atomic E-state index is 0.0276. The number of nitrogens with zero attached hydrogens (tertiary/aromatic N) is 1. The van der Waals surface area contributed by atoms with Crippen molar-refractivity contribution in [3.8, 4) is 0 Å². The van der Waals surface area contributed by atoms with Gasteiger partial charge in [-0.05, 0) is 41.1 Å². The molecule has 2 aromatic rings. The highest BCUT2D eigenvalue weighted by Gasteiger charge is 2.34. The van der Waals surface area contributed by atoms with Crippen molar-refractivity contribution >= 4 is 40.8 Å². The summed E-state index contributed by atoms with van der Waals surface area (Å²) in [5.74, 6) is -1.72. The van der Waals surface area contributed by atoms with E-state index in [2.05, 4.69) is 10.6 Å². The van der Waals surface area contributed by atoms with E-state index in [0.717, 1.165) is 22.2 Å². The highest BCUT2D eigenvalue weighted by Crippen LogP contribution is 2.31. The number of hydrogen-bond donors (Lipinski definition) is 2. The lowest BCUT2D eigenvalue weighted by Crippen LogP contribution is -2.41. The van der Waals surface area contributed by atoms with Gasteiger partial charge in [-0.1, -0.05) is 42.5 Å². The number of amides is 4. The highest BCUT2D eigenvalue weighted by atomic mass is 32.2. The van der Waals surface area contributed by atoms with Gasteiger partial charge in [0.25, 0.3) is 11.1 Å². The molecule has 0 unspecified atom stereocenters. The first kappa shape index (κ1) is 22.2. The molecule has 0 atom stereocenters. The van der Waals surface area contributed by atoms with Crippen LogP contribution >= 0.6 is 11.8 Å². The van der Waals surface area contributed by atoms with Gasteiger partial charge in [-0.15, -0.1) is 0 Å². The average Bonchev–Trinajstić information content (AvgIpc) is 3.00. The molecule has 0 saturated carbocycles. The standard InChI is InChI=1S/C22H20FN3O4S/c23-17-8-4-7-16(11-17)13-19(27)25-14-20(28)24-9-10-26-21(29)18(31-22(26)30)12-15-5-2-1-3-6-15/h1-8,11-12H,9-10,13-14H2,(H,24,28)(H,25,27)/b18-12-. The summed E-state index contributed by atoms with van der Waals surface area (Å²) >= 11 is 0.854. The highest BCUT2D eigenvalue weighted by molar-refractivity contribution is 8.18. The summed E-state index contributed by atoms with van der Waals surface area (Å²) in [5.41, 5.74) is 1.32. The first-order valence-electron chi connectivity index (χ1n) is 9.50. The zero-order valence-corrected chi connectivity index (χ0v) is 17.3. The Morgan fingerprint density at radius 3 is 2.52 bits per heavy atom. The average molecular weight is 441 g/mol. The summed E-state index contributed by atoms with van der Waals surface area (Å²) < 4.78 is 13.1. The molecule has 1 heterocycles. The monoisotopic (exact) mass is 441 g/mol. The molecule has 2 aromatic carbocycles. The van der Waals surface area contributed by atoms with Gasteiger partial charge in [0.15, 0.2) is 0 Å². The summed E-state index contributed by atoms with van der Waals surface area (Å²) in [6.07, 6.45) is 1.60. The first-order valence-corrected chi connectivity index (χ1v) is 10.3. The number of thioether (sulfide) groups is 1. The zero-order valence-electron chi connectivity index (χ0n) is 16.5. The number of carbonyl (C=O) groups excluding carboxylic acids is 4. The maximum absolute atomic E-state index is 13.1. The molecule has 160 valence electrons. The van der Waals surface area contributed by atoms with Crippen LogP contribution in [0.3, 0.4) is 0 Å². The number of nitrogens with one attached hydrogen (secondary N) is 2. The summed E-state index contributed by atoms with van der Waals surface area (Å²) in [7, 11) is 0. The van der Waals surface area contributed by atoms with Gasteiger partial charge >= 0.3 is 0 Å². The molecule has 7 nitrogen and oxygen atoms in total. The van der Waals surface area contributed by atoms with Crippen LogP contribution in [0, 0.1) is 5.82 Å². The smallest absolute Gasteiger partial charge is 0.293 e. The molecule has 4 amide bonds.